The van der Waals surface area contributed by atoms with E-state index < -0.39 is 10.0 Å². The van der Waals surface area contributed by atoms with Crippen LogP contribution in [0.5, 0.6) is 5.75 Å². The fourth-order valence-corrected chi connectivity index (χ4v) is 4.95. The second-order valence-corrected chi connectivity index (χ2v) is 9.42. The van der Waals surface area contributed by atoms with Crippen LogP contribution in [0.3, 0.4) is 0 Å². The normalized spacial score (nSPS) is 13.2. The van der Waals surface area contributed by atoms with Crippen LogP contribution in [0.1, 0.15) is 15.9 Å². The minimum atomic E-state index is -3.27. The highest BCUT2D eigenvalue weighted by molar-refractivity contribution is 7.92. The highest BCUT2D eigenvalue weighted by Crippen LogP contribution is 2.34. The molecule has 4 rings (SSSR count). The van der Waals surface area contributed by atoms with Crippen LogP contribution in [0.4, 0.5) is 10.8 Å². The highest BCUT2D eigenvalue weighted by atomic mass is 32.2. The summed E-state index contributed by atoms with van der Waals surface area (Å²) in [5, 5.41) is 5.16. The van der Waals surface area contributed by atoms with Gasteiger partial charge in [-0.25, -0.2) is 13.4 Å². The van der Waals surface area contributed by atoms with E-state index in [2.05, 4.69) is 10.3 Å². The van der Waals surface area contributed by atoms with Crippen molar-refractivity contribution in [2.75, 3.05) is 29.5 Å². The van der Waals surface area contributed by atoms with Crippen LogP contribution < -0.4 is 14.4 Å². The van der Waals surface area contributed by atoms with Crippen molar-refractivity contribution in [3.8, 4) is 17.0 Å². The largest absolute Gasteiger partial charge is 0.497 e. The number of carbonyl (C=O) groups excluding carboxylic acids is 1. The number of aromatic nitrogens is 1. The maximum Gasteiger partial charge on any atom is 0.257 e. The third-order valence-electron chi connectivity index (χ3n) is 4.69. The third-order valence-corrected chi connectivity index (χ3v) is 6.62. The summed E-state index contributed by atoms with van der Waals surface area (Å²) in [6.45, 7) is 0.455. The van der Waals surface area contributed by atoms with Gasteiger partial charge in [0.05, 0.1) is 24.7 Å². The number of benzene rings is 2. The average Bonchev–Trinajstić information content (AvgIpc) is 3.34. The van der Waals surface area contributed by atoms with Crippen LogP contribution in [0.15, 0.2) is 47.8 Å². The molecule has 0 spiro atoms. The molecule has 0 atom stereocenters. The molecule has 0 saturated heterocycles. The van der Waals surface area contributed by atoms with Crippen LogP contribution in [-0.4, -0.2) is 39.2 Å². The first-order chi connectivity index (χ1) is 13.8. The second-order valence-electron chi connectivity index (χ2n) is 6.65. The summed E-state index contributed by atoms with van der Waals surface area (Å²) in [5.74, 6) is 0.348. The Morgan fingerprint density at radius 3 is 2.83 bits per heavy atom. The predicted octanol–water partition coefficient (Wildman–Crippen LogP) is 3.39. The SMILES string of the molecule is COc1cccc(C(=O)Nc2nc(-c3ccc4c(c3)CCN4S(C)(=O)=O)cs2)c1. The standard InChI is InChI=1S/C20H19N3O4S2/c1-27-16-5-3-4-15(11-16)19(24)22-20-21-17(12-28-20)13-6-7-18-14(10-13)8-9-23(18)29(2,25)26/h3-7,10-12H,8-9H2,1-2H3,(H,21,22,24). The fourth-order valence-electron chi connectivity index (χ4n) is 3.27. The van der Waals surface area contributed by atoms with E-state index in [1.807, 2.05) is 23.6 Å². The average molecular weight is 430 g/mol. The Morgan fingerprint density at radius 1 is 1.24 bits per heavy atom. The number of methoxy groups -OCH3 is 1. The molecule has 7 nitrogen and oxygen atoms in total. The molecule has 0 bridgehead atoms. The van der Waals surface area contributed by atoms with Gasteiger partial charge in [0.15, 0.2) is 5.13 Å². The summed E-state index contributed by atoms with van der Waals surface area (Å²) in [5.41, 5.74) is 3.80. The van der Waals surface area contributed by atoms with E-state index in [1.165, 1.54) is 21.9 Å². The summed E-state index contributed by atoms with van der Waals surface area (Å²) >= 11 is 1.33. The van der Waals surface area contributed by atoms with Crippen molar-refractivity contribution in [1.82, 2.24) is 4.98 Å². The van der Waals surface area contributed by atoms with Gasteiger partial charge < -0.3 is 4.74 Å². The maximum atomic E-state index is 12.4. The summed E-state index contributed by atoms with van der Waals surface area (Å²) in [6.07, 6.45) is 1.88. The van der Waals surface area contributed by atoms with Crippen molar-refractivity contribution in [3.05, 3.63) is 59.0 Å². The van der Waals surface area contributed by atoms with Gasteiger partial charge in [0.1, 0.15) is 5.75 Å². The summed E-state index contributed by atoms with van der Waals surface area (Å²) in [7, 11) is -1.72. The van der Waals surface area contributed by atoms with Gasteiger partial charge in [-0.1, -0.05) is 12.1 Å². The summed E-state index contributed by atoms with van der Waals surface area (Å²) in [4.78, 5) is 17.0. The zero-order valence-electron chi connectivity index (χ0n) is 15.9. The van der Waals surface area contributed by atoms with Crippen LogP contribution in [0.2, 0.25) is 0 Å². The van der Waals surface area contributed by atoms with Crippen LogP contribution in [0.25, 0.3) is 11.3 Å². The number of anilines is 2. The number of nitrogens with one attached hydrogen (secondary N) is 1. The minimum absolute atomic E-state index is 0.262. The molecule has 1 aliphatic heterocycles. The molecule has 1 amide bonds. The van der Waals surface area contributed by atoms with Gasteiger partial charge in [-0.3, -0.25) is 14.4 Å². The van der Waals surface area contributed by atoms with E-state index in [4.69, 9.17) is 4.74 Å². The topological polar surface area (TPSA) is 88.6 Å². The molecule has 0 fully saturated rings. The first kappa shape index (κ1) is 19.4. The molecule has 0 saturated carbocycles. The Balaban J connectivity index is 1.53. The number of sulfonamides is 1. The lowest BCUT2D eigenvalue weighted by atomic mass is 10.1. The van der Waals surface area contributed by atoms with Gasteiger partial charge in [-0.2, -0.15) is 0 Å². The van der Waals surface area contributed by atoms with Gasteiger partial charge in [-0.15, -0.1) is 11.3 Å². The Kier molecular flexibility index (Phi) is 5.01. The molecule has 29 heavy (non-hydrogen) atoms. The van der Waals surface area contributed by atoms with Gasteiger partial charge in [0, 0.05) is 23.1 Å². The molecular weight excluding hydrogens is 410 g/mol. The lowest BCUT2D eigenvalue weighted by Crippen LogP contribution is -2.27. The van der Waals surface area contributed by atoms with E-state index >= 15 is 0 Å². The Labute approximate surface area is 173 Å². The van der Waals surface area contributed by atoms with E-state index in [9.17, 15) is 13.2 Å². The molecule has 9 heteroatoms. The molecule has 2 heterocycles. The molecule has 0 unspecified atom stereocenters. The quantitative estimate of drug-likeness (QED) is 0.672. The van der Waals surface area contributed by atoms with Crippen molar-refractivity contribution in [2.45, 2.75) is 6.42 Å². The van der Waals surface area contributed by atoms with Crippen molar-refractivity contribution >= 4 is 38.1 Å². The lowest BCUT2D eigenvalue weighted by molar-refractivity contribution is 0.102. The van der Waals surface area contributed by atoms with Gasteiger partial charge in [0.25, 0.3) is 5.91 Å². The van der Waals surface area contributed by atoms with E-state index in [0.717, 1.165) is 22.5 Å². The monoisotopic (exact) mass is 429 g/mol. The molecule has 3 aromatic rings. The lowest BCUT2D eigenvalue weighted by Gasteiger charge is -2.16. The van der Waals surface area contributed by atoms with E-state index in [-0.39, 0.29) is 5.91 Å². The number of amides is 1. The first-order valence-corrected chi connectivity index (χ1v) is 11.6. The number of rotatable bonds is 5. The van der Waals surface area contributed by atoms with Gasteiger partial charge in [0.2, 0.25) is 10.0 Å². The van der Waals surface area contributed by atoms with Crippen molar-refractivity contribution in [1.29, 1.82) is 0 Å². The fraction of sp³-hybridized carbons (Fsp3) is 0.200. The number of thiazole rings is 1. The summed E-state index contributed by atoms with van der Waals surface area (Å²) < 4.78 is 30.3. The highest BCUT2D eigenvalue weighted by Gasteiger charge is 2.26. The molecule has 150 valence electrons. The number of ether oxygens (including phenoxy) is 1. The Morgan fingerprint density at radius 2 is 2.07 bits per heavy atom. The zero-order chi connectivity index (χ0) is 20.6. The van der Waals surface area contributed by atoms with Crippen LogP contribution in [-0.2, 0) is 16.4 Å². The number of hydrogen-bond donors (Lipinski definition) is 1. The summed E-state index contributed by atoms with van der Waals surface area (Å²) in [6, 6.07) is 12.5. The van der Waals surface area contributed by atoms with Crippen molar-refractivity contribution in [2.24, 2.45) is 0 Å². The second kappa shape index (κ2) is 7.49. The molecule has 1 aromatic heterocycles. The van der Waals surface area contributed by atoms with Crippen LogP contribution >= 0.6 is 11.3 Å². The number of hydrogen-bond acceptors (Lipinski definition) is 6. The van der Waals surface area contributed by atoms with Crippen molar-refractivity contribution in [3.63, 3.8) is 0 Å². The molecule has 0 radical (unpaired) electrons. The Bertz CT molecular complexity index is 1190. The smallest absolute Gasteiger partial charge is 0.257 e. The minimum Gasteiger partial charge on any atom is -0.497 e. The third kappa shape index (κ3) is 3.96. The Hall–Kier alpha value is -2.91. The van der Waals surface area contributed by atoms with E-state index in [1.54, 1.807) is 31.4 Å². The van der Waals surface area contributed by atoms with Crippen LogP contribution in [0, 0.1) is 0 Å². The number of carbonyl (C=O) groups is 1. The van der Waals surface area contributed by atoms with E-state index in [0.29, 0.717) is 29.4 Å². The number of fused-ring (bicyclic) bond motifs is 1. The zero-order valence-corrected chi connectivity index (χ0v) is 17.5. The number of nitrogens with zero attached hydrogens (tertiary/aromatic N) is 2. The molecular formula is C20H19N3O4S2. The maximum absolute atomic E-state index is 12.4. The first-order valence-electron chi connectivity index (χ1n) is 8.87. The molecule has 0 aliphatic carbocycles. The van der Waals surface area contributed by atoms with Gasteiger partial charge in [-0.05, 0) is 42.3 Å². The molecule has 1 N–H and O–H groups in total. The van der Waals surface area contributed by atoms with Crippen molar-refractivity contribution < 1.29 is 17.9 Å². The molecule has 2 aromatic carbocycles. The molecule has 1 aliphatic rings. The predicted molar refractivity (Wildman–Crippen MR) is 114 cm³/mol. The van der Waals surface area contributed by atoms with Gasteiger partial charge >= 0.3 is 0 Å².